The molecule has 136 valence electrons. The van der Waals surface area contributed by atoms with Crippen LogP contribution in [-0.4, -0.2) is 19.2 Å². The third-order valence-electron chi connectivity index (χ3n) is 4.61. The van der Waals surface area contributed by atoms with Crippen LogP contribution in [0, 0.1) is 0 Å². The number of rotatable bonds is 6. The standard InChI is InChI=1S/C23H26O3/c1-2-25-22(24)17-20-14-8-16-26-21-15-7-13-19(23(20)21)12-6-11-18-9-4-3-5-10-18/h3-5,7,9-10,13,15,17H,2,6,8,11-12,14,16H2,1H3/b20-17+. The summed E-state index contributed by atoms with van der Waals surface area (Å²) in [7, 11) is 0. The minimum atomic E-state index is -0.269. The number of allylic oxidation sites excluding steroid dienone is 1. The SMILES string of the molecule is CCOC(=O)/C=C1\CCCOc2cccc(CCCc3ccccc3)c21. The normalized spacial score (nSPS) is 15.0. The van der Waals surface area contributed by atoms with Crippen LogP contribution in [0.15, 0.2) is 54.6 Å². The molecule has 0 bridgehead atoms. The van der Waals surface area contributed by atoms with Crippen molar-refractivity contribution >= 4 is 11.5 Å². The highest BCUT2D eigenvalue weighted by molar-refractivity contribution is 5.93. The van der Waals surface area contributed by atoms with Gasteiger partial charge in [-0.15, -0.1) is 0 Å². The molecule has 0 amide bonds. The molecule has 3 heteroatoms. The average Bonchev–Trinajstić information content (AvgIpc) is 2.86. The average molecular weight is 350 g/mol. The van der Waals surface area contributed by atoms with E-state index in [1.54, 1.807) is 6.08 Å². The summed E-state index contributed by atoms with van der Waals surface area (Å²) >= 11 is 0. The molecule has 0 unspecified atom stereocenters. The van der Waals surface area contributed by atoms with Crippen molar-refractivity contribution in [2.24, 2.45) is 0 Å². The van der Waals surface area contributed by atoms with Crippen molar-refractivity contribution in [3.8, 4) is 5.75 Å². The molecule has 0 aliphatic carbocycles. The molecule has 3 rings (SSSR count). The van der Waals surface area contributed by atoms with Crippen molar-refractivity contribution < 1.29 is 14.3 Å². The fraction of sp³-hybridized carbons (Fsp3) is 0.348. The van der Waals surface area contributed by atoms with Crippen LogP contribution in [-0.2, 0) is 22.4 Å². The quantitative estimate of drug-likeness (QED) is 0.544. The fourth-order valence-electron chi connectivity index (χ4n) is 3.44. The molecule has 0 N–H and O–H groups in total. The number of carbonyl (C=O) groups excluding carboxylic acids is 1. The first-order valence-corrected chi connectivity index (χ1v) is 9.44. The van der Waals surface area contributed by atoms with Gasteiger partial charge in [0.05, 0.1) is 13.2 Å². The van der Waals surface area contributed by atoms with Gasteiger partial charge < -0.3 is 9.47 Å². The lowest BCUT2D eigenvalue weighted by atomic mass is 9.92. The lowest BCUT2D eigenvalue weighted by Gasteiger charge is -2.14. The Balaban J connectivity index is 1.81. The molecule has 26 heavy (non-hydrogen) atoms. The first-order chi connectivity index (χ1) is 12.8. The predicted molar refractivity (Wildman–Crippen MR) is 104 cm³/mol. The predicted octanol–water partition coefficient (Wildman–Crippen LogP) is 4.98. The maximum atomic E-state index is 12.0. The van der Waals surface area contributed by atoms with E-state index in [1.165, 1.54) is 11.1 Å². The molecule has 0 spiro atoms. The molecule has 2 aromatic rings. The topological polar surface area (TPSA) is 35.5 Å². The molecule has 1 heterocycles. The van der Waals surface area contributed by atoms with E-state index in [1.807, 2.05) is 25.1 Å². The molecule has 1 aliphatic heterocycles. The summed E-state index contributed by atoms with van der Waals surface area (Å²) in [6.07, 6.45) is 6.46. The van der Waals surface area contributed by atoms with Crippen LogP contribution in [0.1, 0.15) is 42.9 Å². The molecule has 0 saturated heterocycles. The van der Waals surface area contributed by atoms with Crippen LogP contribution in [0.4, 0.5) is 0 Å². The van der Waals surface area contributed by atoms with Crippen LogP contribution < -0.4 is 4.74 Å². The zero-order chi connectivity index (χ0) is 18.2. The summed E-state index contributed by atoms with van der Waals surface area (Å²) in [5.74, 6) is 0.615. The van der Waals surface area contributed by atoms with Gasteiger partial charge in [0, 0.05) is 11.6 Å². The minimum absolute atomic E-state index is 0.269. The second-order valence-corrected chi connectivity index (χ2v) is 6.50. The molecular weight excluding hydrogens is 324 g/mol. The van der Waals surface area contributed by atoms with Gasteiger partial charge in [-0.1, -0.05) is 42.5 Å². The Morgan fingerprint density at radius 2 is 1.96 bits per heavy atom. The highest BCUT2D eigenvalue weighted by Gasteiger charge is 2.18. The number of ether oxygens (including phenoxy) is 2. The van der Waals surface area contributed by atoms with Crippen LogP contribution in [0.5, 0.6) is 5.75 Å². The molecule has 2 aromatic carbocycles. The van der Waals surface area contributed by atoms with Crippen LogP contribution in [0.25, 0.3) is 5.57 Å². The summed E-state index contributed by atoms with van der Waals surface area (Å²) in [5, 5.41) is 0. The first-order valence-electron chi connectivity index (χ1n) is 9.44. The second kappa shape index (κ2) is 9.23. The van der Waals surface area contributed by atoms with Crippen molar-refractivity contribution in [1.82, 2.24) is 0 Å². The third-order valence-corrected chi connectivity index (χ3v) is 4.61. The molecule has 0 aromatic heterocycles. The summed E-state index contributed by atoms with van der Waals surface area (Å²) in [6.45, 7) is 2.90. The van der Waals surface area contributed by atoms with Crippen LogP contribution in [0.3, 0.4) is 0 Å². The second-order valence-electron chi connectivity index (χ2n) is 6.50. The van der Waals surface area contributed by atoms with E-state index in [0.717, 1.165) is 49.0 Å². The van der Waals surface area contributed by atoms with E-state index in [2.05, 4.69) is 30.3 Å². The van der Waals surface area contributed by atoms with E-state index in [4.69, 9.17) is 9.47 Å². The summed E-state index contributed by atoms with van der Waals surface area (Å²) in [5.41, 5.74) is 4.72. The van der Waals surface area contributed by atoms with E-state index in [0.29, 0.717) is 13.2 Å². The Bertz CT molecular complexity index is 762. The van der Waals surface area contributed by atoms with Crippen molar-refractivity contribution in [3.63, 3.8) is 0 Å². The van der Waals surface area contributed by atoms with Gasteiger partial charge in [0.1, 0.15) is 5.75 Å². The highest BCUT2D eigenvalue weighted by Crippen LogP contribution is 2.35. The Morgan fingerprint density at radius 3 is 2.77 bits per heavy atom. The Labute approximate surface area is 155 Å². The Hall–Kier alpha value is -2.55. The highest BCUT2D eigenvalue weighted by atomic mass is 16.5. The fourth-order valence-corrected chi connectivity index (χ4v) is 3.44. The van der Waals surface area contributed by atoms with Gasteiger partial charge in [0.2, 0.25) is 0 Å². The number of hydrogen-bond donors (Lipinski definition) is 0. The lowest BCUT2D eigenvalue weighted by Crippen LogP contribution is -2.03. The summed E-state index contributed by atoms with van der Waals surface area (Å²) < 4.78 is 11.1. The number of benzene rings is 2. The maximum Gasteiger partial charge on any atom is 0.331 e. The third kappa shape index (κ3) is 4.75. The van der Waals surface area contributed by atoms with Crippen LogP contribution >= 0.6 is 0 Å². The summed E-state index contributed by atoms with van der Waals surface area (Å²) in [6, 6.07) is 16.7. The monoisotopic (exact) mass is 350 g/mol. The van der Waals surface area contributed by atoms with Gasteiger partial charge in [0.15, 0.2) is 0 Å². The number of carbonyl (C=O) groups is 1. The van der Waals surface area contributed by atoms with E-state index in [-0.39, 0.29) is 5.97 Å². The molecule has 1 aliphatic rings. The van der Waals surface area contributed by atoms with Gasteiger partial charge in [-0.3, -0.25) is 0 Å². The molecule has 0 radical (unpaired) electrons. The largest absolute Gasteiger partial charge is 0.493 e. The van der Waals surface area contributed by atoms with Gasteiger partial charge in [-0.25, -0.2) is 4.79 Å². The van der Waals surface area contributed by atoms with Gasteiger partial charge >= 0.3 is 5.97 Å². The number of aryl methyl sites for hydroxylation is 2. The Morgan fingerprint density at radius 1 is 1.12 bits per heavy atom. The maximum absolute atomic E-state index is 12.0. The molecule has 0 saturated carbocycles. The number of fused-ring (bicyclic) bond motifs is 1. The molecule has 0 fully saturated rings. The smallest absolute Gasteiger partial charge is 0.331 e. The van der Waals surface area contributed by atoms with Gasteiger partial charge in [-0.05, 0) is 61.8 Å². The Kier molecular flexibility index (Phi) is 6.48. The van der Waals surface area contributed by atoms with E-state index in [9.17, 15) is 4.79 Å². The van der Waals surface area contributed by atoms with E-state index < -0.39 is 0 Å². The van der Waals surface area contributed by atoms with E-state index >= 15 is 0 Å². The summed E-state index contributed by atoms with van der Waals surface area (Å²) in [4.78, 5) is 12.0. The molecular formula is C23H26O3. The minimum Gasteiger partial charge on any atom is -0.493 e. The van der Waals surface area contributed by atoms with Gasteiger partial charge in [0.25, 0.3) is 0 Å². The van der Waals surface area contributed by atoms with Crippen molar-refractivity contribution in [3.05, 3.63) is 71.3 Å². The van der Waals surface area contributed by atoms with Crippen LogP contribution in [0.2, 0.25) is 0 Å². The zero-order valence-corrected chi connectivity index (χ0v) is 15.4. The first kappa shape index (κ1) is 18.2. The lowest BCUT2D eigenvalue weighted by molar-refractivity contribution is -0.137. The molecule has 3 nitrogen and oxygen atoms in total. The van der Waals surface area contributed by atoms with Crippen molar-refractivity contribution in [2.45, 2.75) is 39.0 Å². The van der Waals surface area contributed by atoms with Crippen molar-refractivity contribution in [2.75, 3.05) is 13.2 Å². The number of esters is 1. The van der Waals surface area contributed by atoms with Gasteiger partial charge in [-0.2, -0.15) is 0 Å². The van der Waals surface area contributed by atoms with Crippen molar-refractivity contribution in [1.29, 1.82) is 0 Å². The molecule has 0 atom stereocenters. The number of hydrogen-bond acceptors (Lipinski definition) is 3. The zero-order valence-electron chi connectivity index (χ0n) is 15.4.